The SMILES string of the molecule is Cc1nnsc1C(=O)c1cc(C=O)c(C)s1. The summed E-state index contributed by atoms with van der Waals surface area (Å²) >= 11 is 2.41. The molecule has 82 valence electrons. The van der Waals surface area contributed by atoms with E-state index in [-0.39, 0.29) is 5.78 Å². The smallest absolute Gasteiger partial charge is 0.216 e. The summed E-state index contributed by atoms with van der Waals surface area (Å²) in [5, 5.41) is 3.80. The van der Waals surface area contributed by atoms with Crippen molar-refractivity contribution in [1.82, 2.24) is 9.59 Å². The molecule has 0 N–H and O–H groups in total. The summed E-state index contributed by atoms with van der Waals surface area (Å²) in [5.74, 6) is -0.103. The molecule has 0 aliphatic heterocycles. The molecule has 0 amide bonds. The van der Waals surface area contributed by atoms with Crippen molar-refractivity contribution >= 4 is 34.9 Å². The molecular weight excluding hydrogens is 244 g/mol. The molecule has 0 aliphatic rings. The maximum Gasteiger partial charge on any atom is 0.216 e. The monoisotopic (exact) mass is 252 g/mol. The van der Waals surface area contributed by atoms with E-state index in [0.717, 1.165) is 22.7 Å². The van der Waals surface area contributed by atoms with Crippen LogP contribution in [0, 0.1) is 13.8 Å². The quantitative estimate of drug-likeness (QED) is 0.621. The predicted molar refractivity (Wildman–Crippen MR) is 62.5 cm³/mol. The predicted octanol–water partition coefficient (Wildman–Crippen LogP) is 2.26. The number of rotatable bonds is 3. The molecule has 0 spiro atoms. The Labute approximate surface area is 100 Å². The van der Waals surface area contributed by atoms with Gasteiger partial charge in [0.2, 0.25) is 5.78 Å². The van der Waals surface area contributed by atoms with Crippen LogP contribution in [0.1, 0.15) is 35.5 Å². The second kappa shape index (κ2) is 4.23. The lowest BCUT2D eigenvalue weighted by Gasteiger charge is -1.91. The zero-order valence-electron chi connectivity index (χ0n) is 8.68. The number of aryl methyl sites for hydroxylation is 2. The number of nitrogens with zero attached hydrogens (tertiary/aromatic N) is 2. The fourth-order valence-electron chi connectivity index (χ4n) is 1.28. The van der Waals surface area contributed by atoms with E-state index >= 15 is 0 Å². The first kappa shape index (κ1) is 11.1. The number of carbonyl (C=O) groups excluding carboxylic acids is 2. The van der Waals surface area contributed by atoms with E-state index in [1.165, 1.54) is 11.3 Å². The Kier molecular flexibility index (Phi) is 2.93. The topological polar surface area (TPSA) is 59.9 Å². The molecule has 0 fully saturated rings. The van der Waals surface area contributed by atoms with Crippen molar-refractivity contribution in [3.63, 3.8) is 0 Å². The van der Waals surface area contributed by atoms with Gasteiger partial charge in [0.1, 0.15) is 4.88 Å². The van der Waals surface area contributed by atoms with Crippen LogP contribution in [0.15, 0.2) is 6.07 Å². The molecule has 2 aromatic heterocycles. The first-order chi connectivity index (χ1) is 7.63. The lowest BCUT2D eigenvalue weighted by atomic mass is 10.2. The highest BCUT2D eigenvalue weighted by molar-refractivity contribution is 7.16. The zero-order chi connectivity index (χ0) is 11.7. The number of aldehydes is 1. The number of carbonyl (C=O) groups is 2. The Morgan fingerprint density at radius 3 is 2.69 bits per heavy atom. The van der Waals surface area contributed by atoms with Crippen LogP contribution in [0.4, 0.5) is 0 Å². The number of thiophene rings is 1. The van der Waals surface area contributed by atoms with Crippen LogP contribution in [0.2, 0.25) is 0 Å². The van der Waals surface area contributed by atoms with Gasteiger partial charge in [-0.1, -0.05) is 4.49 Å². The molecule has 0 atom stereocenters. The molecular formula is C10H8N2O2S2. The maximum absolute atomic E-state index is 12.0. The summed E-state index contributed by atoms with van der Waals surface area (Å²) in [6.45, 7) is 3.57. The number of aromatic nitrogens is 2. The van der Waals surface area contributed by atoms with Gasteiger partial charge in [-0.25, -0.2) is 0 Å². The molecule has 4 nitrogen and oxygen atoms in total. The van der Waals surface area contributed by atoms with Gasteiger partial charge in [0, 0.05) is 10.4 Å². The molecule has 0 unspecified atom stereocenters. The second-order valence-electron chi connectivity index (χ2n) is 3.26. The third-order valence-electron chi connectivity index (χ3n) is 2.16. The van der Waals surface area contributed by atoms with E-state index in [0.29, 0.717) is 21.0 Å². The third-order valence-corrected chi connectivity index (χ3v) is 4.06. The molecule has 0 saturated carbocycles. The largest absolute Gasteiger partial charge is 0.298 e. The summed E-state index contributed by atoms with van der Waals surface area (Å²) < 4.78 is 3.72. The van der Waals surface area contributed by atoms with E-state index < -0.39 is 0 Å². The first-order valence-corrected chi connectivity index (χ1v) is 6.11. The fraction of sp³-hybridized carbons (Fsp3) is 0.200. The van der Waals surface area contributed by atoms with Crippen molar-refractivity contribution in [3.8, 4) is 0 Å². The van der Waals surface area contributed by atoms with E-state index in [9.17, 15) is 9.59 Å². The Bertz CT molecular complexity index is 557. The van der Waals surface area contributed by atoms with E-state index in [1.807, 2.05) is 6.92 Å². The molecule has 2 aromatic rings. The van der Waals surface area contributed by atoms with Crippen LogP contribution in [0.25, 0.3) is 0 Å². The molecule has 0 aromatic carbocycles. The summed E-state index contributed by atoms with van der Waals surface area (Å²) in [6, 6.07) is 1.62. The summed E-state index contributed by atoms with van der Waals surface area (Å²) in [4.78, 5) is 24.7. The van der Waals surface area contributed by atoms with Crippen LogP contribution in [-0.2, 0) is 0 Å². The lowest BCUT2D eigenvalue weighted by Crippen LogP contribution is -1.97. The minimum absolute atomic E-state index is 0.103. The molecule has 2 heterocycles. The summed E-state index contributed by atoms with van der Waals surface area (Å²) in [6.07, 6.45) is 0.764. The molecule has 0 bridgehead atoms. The van der Waals surface area contributed by atoms with Gasteiger partial charge in [-0.2, -0.15) is 0 Å². The average molecular weight is 252 g/mol. The normalized spacial score (nSPS) is 10.4. The van der Waals surface area contributed by atoms with Crippen molar-refractivity contribution in [2.24, 2.45) is 0 Å². The minimum Gasteiger partial charge on any atom is -0.298 e. The van der Waals surface area contributed by atoms with Crippen LogP contribution in [0.3, 0.4) is 0 Å². The first-order valence-electron chi connectivity index (χ1n) is 4.52. The van der Waals surface area contributed by atoms with Gasteiger partial charge in [-0.05, 0) is 31.4 Å². The second-order valence-corrected chi connectivity index (χ2v) is 5.27. The van der Waals surface area contributed by atoms with Crippen LogP contribution >= 0.6 is 22.9 Å². The van der Waals surface area contributed by atoms with Crippen molar-refractivity contribution in [2.75, 3.05) is 0 Å². The fourth-order valence-corrected chi connectivity index (χ4v) is 2.89. The van der Waals surface area contributed by atoms with Crippen molar-refractivity contribution in [1.29, 1.82) is 0 Å². The van der Waals surface area contributed by atoms with Crippen LogP contribution in [0.5, 0.6) is 0 Å². The number of ketones is 1. The van der Waals surface area contributed by atoms with Crippen molar-refractivity contribution < 1.29 is 9.59 Å². The molecule has 6 heteroatoms. The molecule has 16 heavy (non-hydrogen) atoms. The van der Waals surface area contributed by atoms with E-state index in [4.69, 9.17) is 0 Å². The van der Waals surface area contributed by atoms with Gasteiger partial charge >= 0.3 is 0 Å². The lowest BCUT2D eigenvalue weighted by molar-refractivity contribution is 0.104. The Morgan fingerprint density at radius 1 is 1.44 bits per heavy atom. The molecule has 0 aliphatic carbocycles. The minimum atomic E-state index is -0.103. The Morgan fingerprint density at radius 2 is 2.19 bits per heavy atom. The maximum atomic E-state index is 12.0. The molecule has 2 rings (SSSR count). The van der Waals surface area contributed by atoms with Crippen molar-refractivity contribution in [2.45, 2.75) is 13.8 Å². The third kappa shape index (κ3) is 1.81. The Balaban J connectivity index is 2.42. The van der Waals surface area contributed by atoms with Gasteiger partial charge in [0.15, 0.2) is 6.29 Å². The standard InChI is InChI=1S/C10H8N2O2S2/c1-5-10(16-12-11-5)9(14)8-3-7(4-13)6(2)15-8/h3-4H,1-2H3. The van der Waals surface area contributed by atoms with Gasteiger partial charge in [-0.3, -0.25) is 9.59 Å². The molecule has 0 saturated heterocycles. The van der Waals surface area contributed by atoms with E-state index in [1.54, 1.807) is 13.0 Å². The Hall–Kier alpha value is -1.40. The molecule has 0 radical (unpaired) electrons. The summed E-state index contributed by atoms with van der Waals surface area (Å²) in [5.41, 5.74) is 1.21. The highest BCUT2D eigenvalue weighted by Gasteiger charge is 2.18. The average Bonchev–Trinajstić information content (AvgIpc) is 2.83. The van der Waals surface area contributed by atoms with Crippen LogP contribution < -0.4 is 0 Å². The highest BCUT2D eigenvalue weighted by Crippen LogP contribution is 2.24. The van der Waals surface area contributed by atoms with Gasteiger partial charge in [0.25, 0.3) is 0 Å². The van der Waals surface area contributed by atoms with Gasteiger partial charge < -0.3 is 0 Å². The van der Waals surface area contributed by atoms with Crippen LogP contribution in [-0.4, -0.2) is 21.7 Å². The van der Waals surface area contributed by atoms with Crippen molar-refractivity contribution in [3.05, 3.63) is 32.0 Å². The van der Waals surface area contributed by atoms with Gasteiger partial charge in [-0.15, -0.1) is 16.4 Å². The van der Waals surface area contributed by atoms with E-state index in [2.05, 4.69) is 9.59 Å². The highest BCUT2D eigenvalue weighted by atomic mass is 32.1. The number of hydrogen-bond donors (Lipinski definition) is 0. The van der Waals surface area contributed by atoms with Gasteiger partial charge in [0.05, 0.1) is 10.6 Å². The summed E-state index contributed by atoms with van der Waals surface area (Å²) in [7, 11) is 0. The number of hydrogen-bond acceptors (Lipinski definition) is 6. The zero-order valence-corrected chi connectivity index (χ0v) is 10.3.